The Kier molecular flexibility index (Phi) is 7.95. The Hall–Kier alpha value is -4.80. The fourth-order valence-electron chi connectivity index (χ4n) is 4.21. The molecule has 38 heavy (non-hydrogen) atoms. The van der Waals surface area contributed by atoms with E-state index in [0.717, 1.165) is 5.69 Å². The van der Waals surface area contributed by atoms with E-state index in [-0.39, 0.29) is 22.9 Å². The highest BCUT2D eigenvalue weighted by Crippen LogP contribution is 2.28. The number of hydrogen-bond donors (Lipinski definition) is 1. The van der Waals surface area contributed by atoms with Crippen molar-refractivity contribution >= 4 is 28.9 Å². The molecule has 1 aliphatic heterocycles. The predicted octanol–water partition coefficient (Wildman–Crippen LogP) is 3.84. The van der Waals surface area contributed by atoms with Gasteiger partial charge in [-0.1, -0.05) is 0 Å². The van der Waals surface area contributed by atoms with Crippen LogP contribution in [0.5, 0.6) is 17.2 Å². The van der Waals surface area contributed by atoms with Crippen molar-refractivity contribution < 1.29 is 28.7 Å². The lowest BCUT2D eigenvalue weighted by Gasteiger charge is -2.36. The van der Waals surface area contributed by atoms with Crippen LogP contribution in [0.2, 0.25) is 0 Å². The number of carbonyl (C=O) groups excluding carboxylic acids is 2. The molecule has 0 radical (unpaired) electrons. The van der Waals surface area contributed by atoms with Gasteiger partial charge in [0.15, 0.2) is 5.75 Å². The summed E-state index contributed by atoms with van der Waals surface area (Å²) in [6.07, 6.45) is 0. The third-order valence-corrected chi connectivity index (χ3v) is 6.29. The van der Waals surface area contributed by atoms with Gasteiger partial charge in [0.2, 0.25) is 0 Å². The van der Waals surface area contributed by atoms with Gasteiger partial charge in [0.1, 0.15) is 11.5 Å². The number of piperazine rings is 1. The number of ether oxygens (including phenoxy) is 3. The fourth-order valence-corrected chi connectivity index (χ4v) is 4.21. The van der Waals surface area contributed by atoms with Crippen molar-refractivity contribution in [2.45, 2.75) is 0 Å². The highest BCUT2D eigenvalue weighted by molar-refractivity contribution is 6.05. The van der Waals surface area contributed by atoms with E-state index in [1.54, 1.807) is 49.5 Å². The zero-order valence-corrected chi connectivity index (χ0v) is 21.3. The smallest absolute Gasteiger partial charge is 0.311 e. The van der Waals surface area contributed by atoms with Gasteiger partial charge in [-0.15, -0.1) is 0 Å². The van der Waals surface area contributed by atoms with Gasteiger partial charge >= 0.3 is 5.69 Å². The minimum Gasteiger partial charge on any atom is -0.497 e. The number of rotatable bonds is 8. The number of benzene rings is 3. The summed E-state index contributed by atoms with van der Waals surface area (Å²) >= 11 is 0. The molecule has 11 heteroatoms. The predicted molar refractivity (Wildman–Crippen MR) is 142 cm³/mol. The second kappa shape index (κ2) is 11.5. The van der Waals surface area contributed by atoms with Gasteiger partial charge in [0, 0.05) is 60.8 Å². The molecular formula is C27H28N4O7. The highest BCUT2D eigenvalue weighted by atomic mass is 16.6. The normalized spacial score (nSPS) is 13.0. The van der Waals surface area contributed by atoms with Crippen LogP contribution in [0.1, 0.15) is 20.7 Å². The molecule has 0 aliphatic carbocycles. The molecular weight excluding hydrogens is 492 g/mol. The van der Waals surface area contributed by atoms with Crippen LogP contribution in [-0.4, -0.2) is 69.1 Å². The Morgan fingerprint density at radius 3 is 2.00 bits per heavy atom. The first kappa shape index (κ1) is 26.3. The third kappa shape index (κ3) is 5.77. The Balaban J connectivity index is 1.36. The van der Waals surface area contributed by atoms with Crippen molar-refractivity contribution in [3.63, 3.8) is 0 Å². The molecule has 0 bridgehead atoms. The summed E-state index contributed by atoms with van der Waals surface area (Å²) in [6.45, 7) is 2.39. The number of carbonyl (C=O) groups is 2. The van der Waals surface area contributed by atoms with E-state index in [9.17, 15) is 19.7 Å². The van der Waals surface area contributed by atoms with Crippen molar-refractivity contribution in [2.24, 2.45) is 0 Å². The van der Waals surface area contributed by atoms with Gasteiger partial charge < -0.3 is 29.3 Å². The zero-order chi connectivity index (χ0) is 27.2. The molecule has 0 spiro atoms. The van der Waals surface area contributed by atoms with Gasteiger partial charge in [-0.3, -0.25) is 19.7 Å². The van der Waals surface area contributed by atoms with Crippen LogP contribution in [0.25, 0.3) is 0 Å². The third-order valence-electron chi connectivity index (χ3n) is 6.29. The Morgan fingerprint density at radius 2 is 1.45 bits per heavy atom. The molecule has 1 N–H and O–H groups in total. The first-order valence-corrected chi connectivity index (χ1v) is 11.8. The first-order valence-electron chi connectivity index (χ1n) is 11.8. The lowest BCUT2D eigenvalue weighted by molar-refractivity contribution is -0.385. The van der Waals surface area contributed by atoms with Crippen LogP contribution < -0.4 is 24.4 Å². The molecule has 3 aromatic carbocycles. The molecule has 0 aromatic heterocycles. The van der Waals surface area contributed by atoms with Gasteiger partial charge in [-0.05, 0) is 48.5 Å². The summed E-state index contributed by atoms with van der Waals surface area (Å²) < 4.78 is 15.5. The van der Waals surface area contributed by atoms with Gasteiger partial charge in [0.05, 0.1) is 26.3 Å². The maximum Gasteiger partial charge on any atom is 0.311 e. The van der Waals surface area contributed by atoms with Crippen molar-refractivity contribution in [3.8, 4) is 17.2 Å². The van der Waals surface area contributed by atoms with Crippen molar-refractivity contribution in [1.82, 2.24) is 4.90 Å². The second-order valence-electron chi connectivity index (χ2n) is 8.53. The van der Waals surface area contributed by atoms with E-state index < -0.39 is 10.8 Å². The first-order chi connectivity index (χ1) is 18.3. The molecule has 1 aliphatic rings. The molecule has 0 saturated carbocycles. The van der Waals surface area contributed by atoms with E-state index in [4.69, 9.17) is 14.2 Å². The van der Waals surface area contributed by atoms with E-state index in [0.29, 0.717) is 48.9 Å². The molecule has 3 aromatic rings. The van der Waals surface area contributed by atoms with Crippen molar-refractivity contribution in [2.75, 3.05) is 57.7 Å². The Morgan fingerprint density at radius 1 is 0.816 bits per heavy atom. The number of nitro benzene ring substituents is 1. The molecule has 0 unspecified atom stereocenters. The summed E-state index contributed by atoms with van der Waals surface area (Å²) in [5, 5.41) is 14.0. The minimum atomic E-state index is -0.592. The van der Waals surface area contributed by atoms with Crippen LogP contribution >= 0.6 is 0 Å². The maximum atomic E-state index is 13.0. The summed E-state index contributed by atoms with van der Waals surface area (Å²) in [5.74, 6) is 0.650. The van der Waals surface area contributed by atoms with Crippen LogP contribution in [0.4, 0.5) is 17.1 Å². The summed E-state index contributed by atoms with van der Waals surface area (Å²) in [5.41, 5.74) is 1.89. The molecule has 1 fully saturated rings. The van der Waals surface area contributed by atoms with Crippen molar-refractivity contribution in [1.29, 1.82) is 0 Å². The molecule has 1 saturated heterocycles. The quantitative estimate of drug-likeness (QED) is 0.351. The van der Waals surface area contributed by atoms with Crippen LogP contribution in [-0.2, 0) is 0 Å². The summed E-state index contributed by atoms with van der Waals surface area (Å²) in [4.78, 5) is 40.3. The number of methoxy groups -OCH3 is 3. The van der Waals surface area contributed by atoms with Gasteiger partial charge in [-0.2, -0.15) is 0 Å². The maximum absolute atomic E-state index is 13.0. The molecule has 0 atom stereocenters. The Labute approximate surface area is 219 Å². The second-order valence-corrected chi connectivity index (χ2v) is 8.53. The van der Waals surface area contributed by atoms with E-state index in [2.05, 4.69) is 10.2 Å². The average Bonchev–Trinajstić information content (AvgIpc) is 2.96. The minimum absolute atomic E-state index is 0.0842. The lowest BCUT2D eigenvalue weighted by Crippen LogP contribution is -2.48. The number of hydrogen-bond acceptors (Lipinski definition) is 8. The standard InChI is InChI=1S/C27H28N4O7/c1-36-22-14-19(15-23(17-22)37-2)27(33)30-12-10-29(11-13-30)21-7-5-20(6-8-21)28-26(32)18-4-9-25(38-3)24(16-18)31(34)35/h4-9,14-17H,10-13H2,1-3H3,(H,28,32). The number of nitrogens with zero attached hydrogens (tertiary/aromatic N) is 3. The largest absolute Gasteiger partial charge is 0.497 e. The van der Waals surface area contributed by atoms with Crippen LogP contribution in [0.3, 0.4) is 0 Å². The van der Waals surface area contributed by atoms with Gasteiger partial charge in [-0.25, -0.2) is 0 Å². The highest BCUT2D eigenvalue weighted by Gasteiger charge is 2.24. The molecule has 4 rings (SSSR count). The summed E-state index contributed by atoms with van der Waals surface area (Å²) in [6, 6.07) is 16.5. The monoisotopic (exact) mass is 520 g/mol. The Bertz CT molecular complexity index is 1310. The topological polar surface area (TPSA) is 123 Å². The SMILES string of the molecule is COc1cc(OC)cc(C(=O)N2CCN(c3ccc(NC(=O)c4ccc(OC)c([N+](=O)[O-])c4)cc3)CC2)c1. The lowest BCUT2D eigenvalue weighted by atomic mass is 10.1. The van der Waals surface area contributed by atoms with E-state index in [1.165, 1.54) is 25.3 Å². The molecule has 11 nitrogen and oxygen atoms in total. The molecule has 2 amide bonds. The van der Waals surface area contributed by atoms with Crippen molar-refractivity contribution in [3.05, 3.63) is 81.9 Å². The van der Waals surface area contributed by atoms with E-state index >= 15 is 0 Å². The fraction of sp³-hybridized carbons (Fsp3) is 0.259. The molecule has 1 heterocycles. The van der Waals surface area contributed by atoms with Crippen LogP contribution in [0, 0.1) is 10.1 Å². The average molecular weight is 521 g/mol. The summed E-state index contributed by atoms with van der Waals surface area (Å²) in [7, 11) is 4.42. The number of nitro groups is 1. The number of amides is 2. The molecule has 198 valence electrons. The number of anilines is 2. The van der Waals surface area contributed by atoms with E-state index in [1.807, 2.05) is 12.1 Å². The van der Waals surface area contributed by atoms with Crippen LogP contribution in [0.15, 0.2) is 60.7 Å². The van der Waals surface area contributed by atoms with Gasteiger partial charge in [0.25, 0.3) is 11.8 Å². The zero-order valence-electron chi connectivity index (χ0n) is 21.3. The number of nitrogens with one attached hydrogen (secondary N) is 1.